The molecule has 0 atom stereocenters. The molecule has 18 heavy (non-hydrogen) atoms. The molecule has 3 nitrogen and oxygen atoms in total. The molecule has 0 saturated carbocycles. The summed E-state index contributed by atoms with van der Waals surface area (Å²) in [5.74, 6) is 0. The SMILES string of the molecule is CCN(CC)c1ccc(NCCCOC)c(C)c1. The lowest BCUT2D eigenvalue weighted by Crippen LogP contribution is -2.21. The zero-order valence-corrected chi connectivity index (χ0v) is 12.1. The van der Waals surface area contributed by atoms with E-state index < -0.39 is 0 Å². The molecule has 1 aromatic rings. The van der Waals surface area contributed by atoms with E-state index in [1.807, 2.05) is 0 Å². The van der Waals surface area contributed by atoms with Gasteiger partial charge in [-0.3, -0.25) is 0 Å². The fourth-order valence-electron chi connectivity index (χ4n) is 2.07. The van der Waals surface area contributed by atoms with Gasteiger partial charge in [-0.2, -0.15) is 0 Å². The van der Waals surface area contributed by atoms with Gasteiger partial charge in [0.2, 0.25) is 0 Å². The van der Waals surface area contributed by atoms with Crippen LogP contribution in [0.3, 0.4) is 0 Å². The molecular formula is C15H26N2O. The van der Waals surface area contributed by atoms with Gasteiger partial charge in [-0.05, 0) is 51.0 Å². The summed E-state index contributed by atoms with van der Waals surface area (Å²) in [7, 11) is 1.74. The highest BCUT2D eigenvalue weighted by Crippen LogP contribution is 2.22. The van der Waals surface area contributed by atoms with Crippen molar-refractivity contribution in [3.63, 3.8) is 0 Å². The molecule has 3 heteroatoms. The van der Waals surface area contributed by atoms with Gasteiger partial charge in [0.1, 0.15) is 0 Å². The van der Waals surface area contributed by atoms with Gasteiger partial charge >= 0.3 is 0 Å². The van der Waals surface area contributed by atoms with Crippen molar-refractivity contribution >= 4 is 11.4 Å². The van der Waals surface area contributed by atoms with Crippen LogP contribution in [-0.2, 0) is 4.74 Å². The predicted molar refractivity (Wildman–Crippen MR) is 79.7 cm³/mol. The van der Waals surface area contributed by atoms with Crippen LogP contribution in [-0.4, -0.2) is 33.4 Å². The Kier molecular flexibility index (Phi) is 6.58. The molecule has 0 aliphatic carbocycles. The van der Waals surface area contributed by atoms with Crippen LogP contribution in [0.25, 0.3) is 0 Å². The predicted octanol–water partition coefficient (Wildman–Crippen LogP) is 3.29. The first-order chi connectivity index (χ1) is 8.72. The Balaban J connectivity index is 2.61. The van der Waals surface area contributed by atoms with Crippen LogP contribution >= 0.6 is 0 Å². The maximum Gasteiger partial charge on any atom is 0.0479 e. The molecule has 0 amide bonds. The molecule has 0 fully saturated rings. The molecule has 0 aliphatic rings. The van der Waals surface area contributed by atoms with E-state index in [-0.39, 0.29) is 0 Å². The summed E-state index contributed by atoms with van der Waals surface area (Å²) < 4.78 is 5.04. The smallest absolute Gasteiger partial charge is 0.0479 e. The molecular weight excluding hydrogens is 224 g/mol. The highest BCUT2D eigenvalue weighted by atomic mass is 16.5. The van der Waals surface area contributed by atoms with Gasteiger partial charge < -0.3 is 15.0 Å². The molecule has 1 N–H and O–H groups in total. The lowest BCUT2D eigenvalue weighted by atomic mass is 10.1. The monoisotopic (exact) mass is 250 g/mol. The van der Waals surface area contributed by atoms with Crippen molar-refractivity contribution in [2.24, 2.45) is 0 Å². The summed E-state index contributed by atoms with van der Waals surface area (Å²) >= 11 is 0. The van der Waals surface area contributed by atoms with Crippen LogP contribution in [0.15, 0.2) is 18.2 Å². The number of benzene rings is 1. The summed E-state index contributed by atoms with van der Waals surface area (Å²) in [4.78, 5) is 2.36. The number of nitrogens with one attached hydrogen (secondary N) is 1. The van der Waals surface area contributed by atoms with Crippen LogP contribution in [0.5, 0.6) is 0 Å². The molecule has 0 heterocycles. The standard InChI is InChI=1S/C15H26N2O/c1-5-17(6-2)14-8-9-15(13(3)12-14)16-10-7-11-18-4/h8-9,12,16H,5-7,10-11H2,1-4H3. The molecule has 0 bridgehead atoms. The first-order valence-corrected chi connectivity index (χ1v) is 6.81. The van der Waals surface area contributed by atoms with Crippen molar-refractivity contribution in [1.82, 2.24) is 0 Å². The number of hydrogen-bond acceptors (Lipinski definition) is 3. The van der Waals surface area contributed by atoms with E-state index in [0.717, 1.165) is 32.7 Å². The first kappa shape index (κ1) is 14.8. The number of hydrogen-bond donors (Lipinski definition) is 1. The Hall–Kier alpha value is -1.22. The van der Waals surface area contributed by atoms with Gasteiger partial charge in [0.05, 0.1) is 0 Å². The van der Waals surface area contributed by atoms with Crippen molar-refractivity contribution in [2.75, 3.05) is 43.6 Å². The quantitative estimate of drug-likeness (QED) is 0.717. The van der Waals surface area contributed by atoms with Crippen LogP contribution in [0.4, 0.5) is 11.4 Å². The molecule has 0 aromatic heterocycles. The fraction of sp³-hybridized carbons (Fsp3) is 0.600. The minimum atomic E-state index is 0.809. The summed E-state index contributed by atoms with van der Waals surface area (Å²) in [5, 5.41) is 3.45. The summed E-state index contributed by atoms with van der Waals surface area (Å²) in [6, 6.07) is 6.63. The van der Waals surface area contributed by atoms with Gasteiger partial charge in [-0.25, -0.2) is 0 Å². The zero-order valence-electron chi connectivity index (χ0n) is 12.1. The average molecular weight is 250 g/mol. The van der Waals surface area contributed by atoms with Crippen molar-refractivity contribution in [3.05, 3.63) is 23.8 Å². The number of nitrogens with zero attached hydrogens (tertiary/aromatic N) is 1. The Labute approximate surface area is 111 Å². The summed E-state index contributed by atoms with van der Waals surface area (Å²) in [5.41, 5.74) is 3.83. The highest BCUT2D eigenvalue weighted by Gasteiger charge is 2.04. The van der Waals surface area contributed by atoms with Gasteiger partial charge in [0, 0.05) is 44.7 Å². The van der Waals surface area contributed by atoms with E-state index >= 15 is 0 Å². The third-order valence-corrected chi connectivity index (χ3v) is 3.18. The van der Waals surface area contributed by atoms with Crippen LogP contribution in [0, 0.1) is 6.92 Å². The second-order valence-corrected chi connectivity index (χ2v) is 4.44. The zero-order chi connectivity index (χ0) is 13.4. The summed E-state index contributed by atoms with van der Waals surface area (Å²) in [6.07, 6.45) is 1.04. The molecule has 102 valence electrons. The third-order valence-electron chi connectivity index (χ3n) is 3.18. The van der Waals surface area contributed by atoms with E-state index in [0.29, 0.717) is 0 Å². The van der Waals surface area contributed by atoms with E-state index in [4.69, 9.17) is 4.74 Å². The Morgan fingerprint density at radius 1 is 1.22 bits per heavy atom. The van der Waals surface area contributed by atoms with E-state index in [2.05, 4.69) is 49.2 Å². The second kappa shape index (κ2) is 7.98. The topological polar surface area (TPSA) is 24.5 Å². The van der Waals surface area contributed by atoms with Gasteiger partial charge in [0.15, 0.2) is 0 Å². The van der Waals surface area contributed by atoms with Crippen molar-refractivity contribution in [3.8, 4) is 0 Å². The normalized spacial score (nSPS) is 10.4. The maximum absolute atomic E-state index is 5.04. The van der Waals surface area contributed by atoms with Crippen LogP contribution < -0.4 is 10.2 Å². The lowest BCUT2D eigenvalue weighted by Gasteiger charge is -2.22. The molecule has 0 unspecified atom stereocenters. The number of ether oxygens (including phenoxy) is 1. The van der Waals surface area contributed by atoms with E-state index in [9.17, 15) is 0 Å². The van der Waals surface area contributed by atoms with Crippen molar-refractivity contribution in [1.29, 1.82) is 0 Å². The molecule has 0 saturated heterocycles. The van der Waals surface area contributed by atoms with Crippen LogP contribution in [0.2, 0.25) is 0 Å². The fourth-order valence-corrected chi connectivity index (χ4v) is 2.07. The Morgan fingerprint density at radius 2 is 1.94 bits per heavy atom. The molecule has 0 radical (unpaired) electrons. The van der Waals surface area contributed by atoms with Crippen molar-refractivity contribution < 1.29 is 4.74 Å². The third kappa shape index (κ3) is 4.22. The first-order valence-electron chi connectivity index (χ1n) is 6.81. The van der Waals surface area contributed by atoms with Gasteiger partial charge in [0.25, 0.3) is 0 Å². The minimum Gasteiger partial charge on any atom is -0.385 e. The highest BCUT2D eigenvalue weighted by molar-refractivity contribution is 5.60. The largest absolute Gasteiger partial charge is 0.385 e. The second-order valence-electron chi connectivity index (χ2n) is 4.44. The Bertz CT molecular complexity index is 348. The Morgan fingerprint density at radius 3 is 2.50 bits per heavy atom. The van der Waals surface area contributed by atoms with Crippen LogP contribution in [0.1, 0.15) is 25.8 Å². The number of aryl methyl sites for hydroxylation is 1. The summed E-state index contributed by atoms with van der Waals surface area (Å²) in [6.45, 7) is 10.4. The van der Waals surface area contributed by atoms with Gasteiger partial charge in [-0.1, -0.05) is 0 Å². The number of rotatable bonds is 8. The minimum absolute atomic E-state index is 0.809. The maximum atomic E-state index is 5.04. The van der Waals surface area contributed by atoms with E-state index in [1.165, 1.54) is 16.9 Å². The van der Waals surface area contributed by atoms with Crippen molar-refractivity contribution in [2.45, 2.75) is 27.2 Å². The molecule has 0 aliphatic heterocycles. The lowest BCUT2D eigenvalue weighted by molar-refractivity contribution is 0.198. The molecule has 1 aromatic carbocycles. The van der Waals surface area contributed by atoms with E-state index in [1.54, 1.807) is 7.11 Å². The average Bonchev–Trinajstić information content (AvgIpc) is 2.38. The molecule has 1 rings (SSSR count). The number of anilines is 2. The molecule has 0 spiro atoms. The number of methoxy groups -OCH3 is 1. The van der Waals surface area contributed by atoms with Gasteiger partial charge in [-0.15, -0.1) is 0 Å².